The fraction of sp³-hybridized carbons (Fsp3) is 0.571. The summed E-state index contributed by atoms with van der Waals surface area (Å²) in [6.45, 7) is 2.16. The van der Waals surface area contributed by atoms with E-state index in [1.165, 1.54) is 25.1 Å². The number of hydrogen-bond acceptors (Lipinski definition) is 5. The number of nitrogens with one attached hydrogen (secondary N) is 1. The van der Waals surface area contributed by atoms with Crippen molar-refractivity contribution in [3.8, 4) is 6.07 Å². The molecule has 6 nitrogen and oxygen atoms in total. The molecule has 0 aliphatic heterocycles. The Morgan fingerprint density at radius 1 is 1.45 bits per heavy atom. The molecule has 106 valence electrons. The molecule has 1 heterocycles. The second-order valence-electron chi connectivity index (χ2n) is 5.29. The maximum atomic E-state index is 11.2. The van der Waals surface area contributed by atoms with E-state index < -0.39 is 4.92 Å². The van der Waals surface area contributed by atoms with Gasteiger partial charge in [0.15, 0.2) is 0 Å². The molecule has 1 N–H and O–H groups in total. The lowest BCUT2D eigenvalue weighted by Crippen LogP contribution is -2.27. The average molecular weight is 274 g/mol. The van der Waals surface area contributed by atoms with Crippen molar-refractivity contribution in [3.63, 3.8) is 0 Å². The number of pyridine rings is 1. The molecular weight excluding hydrogens is 256 g/mol. The highest BCUT2D eigenvalue weighted by atomic mass is 16.6. The van der Waals surface area contributed by atoms with Crippen molar-refractivity contribution in [2.24, 2.45) is 5.92 Å². The van der Waals surface area contributed by atoms with Crippen LogP contribution in [0, 0.1) is 27.4 Å². The van der Waals surface area contributed by atoms with Gasteiger partial charge in [-0.1, -0.05) is 26.2 Å². The first-order chi connectivity index (χ1) is 9.63. The predicted octanol–water partition coefficient (Wildman–Crippen LogP) is 3.24. The second-order valence-corrected chi connectivity index (χ2v) is 5.29. The maximum Gasteiger partial charge on any atom is 0.328 e. The SMILES string of the molecule is CC1CCCCCC1Nc1nccc(C#N)c1[N+](=O)[O-]. The number of hydrogen-bond donors (Lipinski definition) is 1. The molecule has 2 rings (SSSR count). The van der Waals surface area contributed by atoms with Gasteiger partial charge in [-0.15, -0.1) is 0 Å². The van der Waals surface area contributed by atoms with E-state index in [4.69, 9.17) is 5.26 Å². The zero-order valence-electron chi connectivity index (χ0n) is 11.5. The first-order valence-electron chi connectivity index (χ1n) is 6.93. The van der Waals surface area contributed by atoms with Crippen molar-refractivity contribution < 1.29 is 4.92 Å². The Bertz CT molecular complexity index is 538. The molecule has 1 saturated carbocycles. The molecule has 2 unspecified atom stereocenters. The number of aromatic nitrogens is 1. The van der Waals surface area contributed by atoms with Gasteiger partial charge in [0.25, 0.3) is 0 Å². The largest absolute Gasteiger partial charge is 0.361 e. The Hall–Kier alpha value is -2.16. The summed E-state index contributed by atoms with van der Waals surface area (Å²) < 4.78 is 0. The average Bonchev–Trinajstić information content (AvgIpc) is 2.63. The van der Waals surface area contributed by atoms with Crippen molar-refractivity contribution in [3.05, 3.63) is 27.9 Å². The van der Waals surface area contributed by atoms with Gasteiger partial charge in [-0.2, -0.15) is 5.26 Å². The Kier molecular flexibility index (Phi) is 4.51. The van der Waals surface area contributed by atoms with Crippen LogP contribution in [0.15, 0.2) is 12.3 Å². The lowest BCUT2D eigenvalue weighted by Gasteiger charge is -2.23. The third kappa shape index (κ3) is 3.05. The number of rotatable bonds is 3. The highest BCUT2D eigenvalue weighted by Gasteiger charge is 2.26. The molecule has 1 aromatic heterocycles. The predicted molar refractivity (Wildman–Crippen MR) is 75.3 cm³/mol. The lowest BCUT2D eigenvalue weighted by atomic mass is 9.97. The first kappa shape index (κ1) is 14.3. The van der Waals surface area contributed by atoms with Crippen LogP contribution in [-0.2, 0) is 0 Å². The van der Waals surface area contributed by atoms with E-state index >= 15 is 0 Å². The van der Waals surface area contributed by atoms with Gasteiger partial charge in [0.1, 0.15) is 11.6 Å². The van der Waals surface area contributed by atoms with Crippen molar-refractivity contribution in [1.82, 2.24) is 4.98 Å². The number of nitro groups is 1. The zero-order valence-corrected chi connectivity index (χ0v) is 11.5. The highest BCUT2D eigenvalue weighted by molar-refractivity contribution is 5.64. The Morgan fingerprint density at radius 2 is 2.20 bits per heavy atom. The molecule has 1 aromatic rings. The van der Waals surface area contributed by atoms with Gasteiger partial charge in [0.05, 0.1) is 4.92 Å². The fourth-order valence-electron chi connectivity index (χ4n) is 2.72. The minimum absolute atomic E-state index is 0.0498. The monoisotopic (exact) mass is 274 g/mol. The second kappa shape index (κ2) is 6.33. The van der Waals surface area contributed by atoms with Crippen LogP contribution in [0.2, 0.25) is 0 Å². The summed E-state index contributed by atoms with van der Waals surface area (Å²) in [5.41, 5.74) is -0.166. The summed E-state index contributed by atoms with van der Waals surface area (Å²) in [6, 6.07) is 3.41. The summed E-state index contributed by atoms with van der Waals surface area (Å²) in [4.78, 5) is 14.7. The van der Waals surface area contributed by atoms with Crippen molar-refractivity contribution in [1.29, 1.82) is 5.26 Å². The van der Waals surface area contributed by atoms with Gasteiger partial charge in [-0.25, -0.2) is 4.98 Å². The van der Waals surface area contributed by atoms with E-state index in [0.717, 1.165) is 19.3 Å². The van der Waals surface area contributed by atoms with Gasteiger partial charge in [-0.3, -0.25) is 10.1 Å². The van der Waals surface area contributed by atoms with Crippen LogP contribution in [0.3, 0.4) is 0 Å². The lowest BCUT2D eigenvalue weighted by molar-refractivity contribution is -0.384. The van der Waals surface area contributed by atoms with Gasteiger partial charge in [0, 0.05) is 12.2 Å². The van der Waals surface area contributed by atoms with Crippen LogP contribution in [0.5, 0.6) is 0 Å². The molecule has 0 saturated heterocycles. The summed E-state index contributed by atoms with van der Waals surface area (Å²) >= 11 is 0. The minimum atomic E-state index is -0.532. The van der Waals surface area contributed by atoms with E-state index in [1.54, 1.807) is 0 Å². The van der Waals surface area contributed by atoms with Crippen LogP contribution < -0.4 is 5.32 Å². The fourth-order valence-corrected chi connectivity index (χ4v) is 2.72. The van der Waals surface area contributed by atoms with E-state index in [1.807, 2.05) is 6.07 Å². The molecule has 1 aliphatic rings. The summed E-state index contributed by atoms with van der Waals surface area (Å²) in [7, 11) is 0. The number of nitrogens with zero attached hydrogens (tertiary/aromatic N) is 3. The van der Waals surface area contributed by atoms with Gasteiger partial charge in [0.2, 0.25) is 5.82 Å². The summed E-state index contributed by atoms with van der Waals surface area (Å²) in [6.07, 6.45) is 7.06. The van der Waals surface area contributed by atoms with Crippen LogP contribution in [-0.4, -0.2) is 15.9 Å². The molecule has 0 bridgehead atoms. The topological polar surface area (TPSA) is 91.8 Å². The van der Waals surface area contributed by atoms with Crippen molar-refractivity contribution >= 4 is 11.5 Å². The third-order valence-corrected chi connectivity index (χ3v) is 3.91. The smallest absolute Gasteiger partial charge is 0.328 e. The van der Waals surface area contributed by atoms with E-state index in [2.05, 4.69) is 17.2 Å². The molecule has 2 atom stereocenters. The Balaban J connectivity index is 2.28. The van der Waals surface area contributed by atoms with Crippen LogP contribution in [0.25, 0.3) is 0 Å². The highest BCUT2D eigenvalue weighted by Crippen LogP contribution is 2.30. The van der Waals surface area contributed by atoms with Gasteiger partial charge >= 0.3 is 5.69 Å². The summed E-state index contributed by atoms with van der Waals surface area (Å²) in [5.74, 6) is 0.664. The molecule has 20 heavy (non-hydrogen) atoms. The molecule has 6 heteroatoms. The van der Waals surface area contributed by atoms with E-state index in [9.17, 15) is 10.1 Å². The zero-order chi connectivity index (χ0) is 14.5. The molecule has 1 aliphatic carbocycles. The molecule has 0 aromatic carbocycles. The summed E-state index contributed by atoms with van der Waals surface area (Å²) in [5, 5.41) is 23.3. The van der Waals surface area contributed by atoms with Crippen LogP contribution in [0.1, 0.15) is 44.6 Å². The molecule has 0 spiro atoms. The third-order valence-electron chi connectivity index (χ3n) is 3.91. The quantitative estimate of drug-likeness (QED) is 0.519. The molecule has 0 amide bonds. The number of anilines is 1. The Morgan fingerprint density at radius 3 is 2.90 bits per heavy atom. The van der Waals surface area contributed by atoms with Gasteiger partial charge in [-0.05, 0) is 24.8 Å². The molecule has 0 radical (unpaired) electrons. The normalized spacial score (nSPS) is 22.6. The van der Waals surface area contributed by atoms with E-state index in [-0.39, 0.29) is 23.1 Å². The van der Waals surface area contributed by atoms with Gasteiger partial charge < -0.3 is 5.32 Å². The standard InChI is InChI=1S/C14H18N4O2/c1-10-5-3-2-4-6-12(10)17-14-13(18(19)20)11(9-15)7-8-16-14/h7-8,10,12H,2-6H2,1H3,(H,16,17). The van der Waals surface area contributed by atoms with Crippen molar-refractivity contribution in [2.75, 3.05) is 5.32 Å². The van der Waals surface area contributed by atoms with E-state index in [0.29, 0.717) is 5.92 Å². The maximum absolute atomic E-state index is 11.2. The first-order valence-corrected chi connectivity index (χ1v) is 6.93. The number of nitriles is 1. The molecule has 1 fully saturated rings. The van der Waals surface area contributed by atoms with Crippen LogP contribution in [0.4, 0.5) is 11.5 Å². The van der Waals surface area contributed by atoms with Crippen molar-refractivity contribution in [2.45, 2.75) is 45.1 Å². The molecular formula is C14H18N4O2. The Labute approximate surface area is 118 Å². The minimum Gasteiger partial charge on any atom is -0.361 e. The van der Waals surface area contributed by atoms with Crippen LogP contribution >= 0.6 is 0 Å².